The topological polar surface area (TPSA) is 18.5 Å². The van der Waals surface area contributed by atoms with Gasteiger partial charge in [0.2, 0.25) is 0 Å². The second-order valence-electron chi connectivity index (χ2n) is 3.69. The molecule has 0 radical (unpaired) electrons. The molecule has 2 unspecified atom stereocenters. The molecule has 0 aliphatic carbocycles. The second-order valence-corrected chi connectivity index (χ2v) is 3.69. The molecule has 14 heavy (non-hydrogen) atoms. The lowest BCUT2D eigenvalue weighted by Crippen LogP contribution is -2.13. The Labute approximate surface area is 84.8 Å². The predicted molar refractivity (Wildman–Crippen MR) is 55.2 cm³/mol. The molecule has 2 nitrogen and oxygen atoms in total. The Kier molecular flexibility index (Phi) is 3.17. The van der Waals surface area contributed by atoms with E-state index in [1.54, 1.807) is 7.11 Å². The van der Waals surface area contributed by atoms with Gasteiger partial charge in [-0.3, -0.25) is 0 Å². The quantitative estimate of drug-likeness (QED) is 0.732. The summed E-state index contributed by atoms with van der Waals surface area (Å²) in [6, 6.07) is 10.4. The van der Waals surface area contributed by atoms with Crippen LogP contribution in [0.2, 0.25) is 0 Å². The van der Waals surface area contributed by atoms with Crippen molar-refractivity contribution in [2.45, 2.75) is 25.0 Å². The summed E-state index contributed by atoms with van der Waals surface area (Å²) in [6.45, 7) is 0.712. The van der Waals surface area contributed by atoms with Crippen LogP contribution in [0.4, 0.5) is 0 Å². The van der Waals surface area contributed by atoms with Crippen LogP contribution in [-0.4, -0.2) is 19.8 Å². The Hall–Kier alpha value is -0.860. The van der Waals surface area contributed by atoms with Crippen LogP contribution in [0.25, 0.3) is 0 Å². The highest BCUT2D eigenvalue weighted by atomic mass is 16.5. The summed E-state index contributed by atoms with van der Waals surface area (Å²) in [7, 11) is 1.72. The van der Waals surface area contributed by atoms with E-state index in [9.17, 15) is 0 Å². The molecule has 0 aromatic heterocycles. The largest absolute Gasteiger partial charge is 0.382 e. The molecule has 1 aliphatic rings. The van der Waals surface area contributed by atoms with Crippen molar-refractivity contribution in [3.05, 3.63) is 35.9 Å². The van der Waals surface area contributed by atoms with Gasteiger partial charge >= 0.3 is 0 Å². The second kappa shape index (κ2) is 4.58. The lowest BCUT2D eigenvalue weighted by Gasteiger charge is -2.12. The van der Waals surface area contributed by atoms with Gasteiger partial charge in [-0.25, -0.2) is 0 Å². The van der Waals surface area contributed by atoms with Crippen molar-refractivity contribution >= 4 is 0 Å². The lowest BCUT2D eigenvalue weighted by atomic mass is 10.1. The first-order valence-corrected chi connectivity index (χ1v) is 5.09. The highest BCUT2D eigenvalue weighted by Crippen LogP contribution is 2.32. The maximum atomic E-state index is 5.86. The molecule has 2 rings (SSSR count). The number of rotatable bonds is 3. The minimum absolute atomic E-state index is 0.274. The Balaban J connectivity index is 1.96. The number of hydrogen-bond acceptors (Lipinski definition) is 2. The maximum absolute atomic E-state index is 5.86. The monoisotopic (exact) mass is 192 g/mol. The average Bonchev–Trinajstić information content (AvgIpc) is 2.68. The third-order valence-electron chi connectivity index (χ3n) is 2.63. The van der Waals surface area contributed by atoms with Crippen LogP contribution in [-0.2, 0) is 9.47 Å². The van der Waals surface area contributed by atoms with E-state index in [0.717, 1.165) is 12.8 Å². The first-order chi connectivity index (χ1) is 6.90. The molecule has 1 aliphatic heterocycles. The number of methoxy groups -OCH3 is 1. The Morgan fingerprint density at radius 2 is 2.07 bits per heavy atom. The van der Waals surface area contributed by atoms with E-state index in [4.69, 9.17) is 9.47 Å². The molecule has 0 saturated carbocycles. The van der Waals surface area contributed by atoms with E-state index in [1.807, 2.05) is 6.07 Å². The molecule has 0 spiro atoms. The van der Waals surface area contributed by atoms with Gasteiger partial charge in [-0.05, 0) is 18.4 Å². The van der Waals surface area contributed by atoms with E-state index < -0.39 is 0 Å². The Morgan fingerprint density at radius 1 is 1.29 bits per heavy atom. The third-order valence-corrected chi connectivity index (χ3v) is 2.63. The van der Waals surface area contributed by atoms with E-state index in [1.165, 1.54) is 5.56 Å². The summed E-state index contributed by atoms with van der Waals surface area (Å²) in [6.07, 6.45) is 2.77. The van der Waals surface area contributed by atoms with Gasteiger partial charge in [-0.1, -0.05) is 30.3 Å². The van der Waals surface area contributed by atoms with Gasteiger partial charge in [-0.15, -0.1) is 0 Å². The molecule has 1 saturated heterocycles. The number of hydrogen-bond donors (Lipinski definition) is 0. The molecule has 0 bridgehead atoms. The molecule has 76 valence electrons. The molecule has 2 heteroatoms. The SMILES string of the molecule is COCC1CCC(c2ccccc2)O1. The first-order valence-electron chi connectivity index (χ1n) is 5.09. The average molecular weight is 192 g/mol. The zero-order chi connectivity index (χ0) is 9.80. The van der Waals surface area contributed by atoms with Gasteiger partial charge in [0.25, 0.3) is 0 Å². The van der Waals surface area contributed by atoms with E-state index in [0.29, 0.717) is 6.61 Å². The van der Waals surface area contributed by atoms with Crippen molar-refractivity contribution < 1.29 is 9.47 Å². The molecule has 1 aromatic carbocycles. The fourth-order valence-corrected chi connectivity index (χ4v) is 1.93. The summed E-state index contributed by atoms with van der Waals surface area (Å²) in [5, 5.41) is 0. The zero-order valence-corrected chi connectivity index (χ0v) is 8.48. The van der Waals surface area contributed by atoms with Crippen molar-refractivity contribution in [1.29, 1.82) is 0 Å². The van der Waals surface area contributed by atoms with Crippen molar-refractivity contribution in [3.8, 4) is 0 Å². The van der Waals surface area contributed by atoms with E-state index in [2.05, 4.69) is 24.3 Å². The molecule has 2 atom stereocenters. The third kappa shape index (κ3) is 2.14. The highest BCUT2D eigenvalue weighted by Gasteiger charge is 2.25. The molecule has 0 N–H and O–H groups in total. The van der Waals surface area contributed by atoms with Gasteiger partial charge in [0, 0.05) is 7.11 Å². The molecular formula is C12H16O2. The molecule has 1 aromatic rings. The molecule has 1 heterocycles. The predicted octanol–water partition coefficient (Wildman–Crippen LogP) is 2.55. The molecule has 0 amide bonds. The van der Waals surface area contributed by atoms with Crippen LogP contribution in [0, 0.1) is 0 Å². The molecule has 1 fully saturated rings. The number of ether oxygens (including phenoxy) is 2. The maximum Gasteiger partial charge on any atom is 0.0830 e. The van der Waals surface area contributed by atoms with Gasteiger partial charge in [0.15, 0.2) is 0 Å². The van der Waals surface area contributed by atoms with Crippen LogP contribution in [0.1, 0.15) is 24.5 Å². The van der Waals surface area contributed by atoms with Crippen LogP contribution in [0.3, 0.4) is 0 Å². The van der Waals surface area contributed by atoms with Gasteiger partial charge < -0.3 is 9.47 Å². The van der Waals surface area contributed by atoms with Gasteiger partial charge in [0.1, 0.15) is 0 Å². The standard InChI is InChI=1S/C12H16O2/c1-13-9-11-7-8-12(14-11)10-5-3-2-4-6-10/h2-6,11-12H,7-9H2,1H3. The summed E-state index contributed by atoms with van der Waals surface area (Å²) >= 11 is 0. The summed E-state index contributed by atoms with van der Waals surface area (Å²) < 4.78 is 10.9. The van der Waals surface area contributed by atoms with Gasteiger partial charge in [0.05, 0.1) is 18.8 Å². The Morgan fingerprint density at radius 3 is 2.79 bits per heavy atom. The van der Waals surface area contributed by atoms with Crippen LogP contribution in [0.5, 0.6) is 0 Å². The van der Waals surface area contributed by atoms with Gasteiger partial charge in [-0.2, -0.15) is 0 Å². The number of benzene rings is 1. The summed E-state index contributed by atoms with van der Waals surface area (Å²) in [5.74, 6) is 0. The van der Waals surface area contributed by atoms with Crippen LogP contribution in [0.15, 0.2) is 30.3 Å². The van der Waals surface area contributed by atoms with Crippen molar-refractivity contribution in [3.63, 3.8) is 0 Å². The minimum Gasteiger partial charge on any atom is -0.382 e. The zero-order valence-electron chi connectivity index (χ0n) is 8.48. The van der Waals surface area contributed by atoms with E-state index >= 15 is 0 Å². The normalized spacial score (nSPS) is 26.6. The van der Waals surface area contributed by atoms with Crippen LogP contribution < -0.4 is 0 Å². The Bertz CT molecular complexity index is 271. The fourth-order valence-electron chi connectivity index (χ4n) is 1.93. The summed E-state index contributed by atoms with van der Waals surface area (Å²) in [5.41, 5.74) is 1.28. The smallest absolute Gasteiger partial charge is 0.0830 e. The van der Waals surface area contributed by atoms with Crippen molar-refractivity contribution in [2.24, 2.45) is 0 Å². The minimum atomic E-state index is 0.274. The highest BCUT2D eigenvalue weighted by molar-refractivity contribution is 5.18. The van der Waals surface area contributed by atoms with Crippen molar-refractivity contribution in [1.82, 2.24) is 0 Å². The molecular weight excluding hydrogens is 176 g/mol. The van der Waals surface area contributed by atoms with E-state index in [-0.39, 0.29) is 12.2 Å². The first kappa shape index (κ1) is 9.69. The fraction of sp³-hybridized carbons (Fsp3) is 0.500. The lowest BCUT2D eigenvalue weighted by molar-refractivity contribution is -0.00220. The van der Waals surface area contributed by atoms with Crippen molar-refractivity contribution in [2.75, 3.05) is 13.7 Å². The van der Waals surface area contributed by atoms with Crippen LogP contribution >= 0.6 is 0 Å². The summed E-state index contributed by atoms with van der Waals surface area (Å²) in [4.78, 5) is 0.